The topological polar surface area (TPSA) is 85.8 Å². The fraction of sp³-hybridized carbons (Fsp3) is 0.192. The molecule has 0 radical (unpaired) electrons. The molecule has 162 valence electrons. The number of rotatable bonds is 8. The first-order valence-corrected chi connectivity index (χ1v) is 10.8. The maximum Gasteiger partial charge on any atom is 0.224 e. The van der Waals surface area contributed by atoms with Crippen LogP contribution in [0.5, 0.6) is 0 Å². The summed E-state index contributed by atoms with van der Waals surface area (Å²) in [6, 6.07) is 24.2. The maximum absolute atomic E-state index is 12.5. The minimum atomic E-state index is -0.101. The zero-order valence-corrected chi connectivity index (χ0v) is 18.2. The van der Waals surface area contributed by atoms with Crippen molar-refractivity contribution in [2.45, 2.75) is 32.7 Å². The number of benzene rings is 3. The van der Waals surface area contributed by atoms with Gasteiger partial charge in [-0.25, -0.2) is 0 Å². The van der Waals surface area contributed by atoms with E-state index in [1.807, 2.05) is 59.4 Å². The first-order chi connectivity index (χ1) is 15.6. The van der Waals surface area contributed by atoms with E-state index in [1.165, 1.54) is 11.1 Å². The summed E-state index contributed by atoms with van der Waals surface area (Å²) in [6.07, 6.45) is 3.63. The van der Waals surface area contributed by atoms with Gasteiger partial charge in [0.1, 0.15) is 0 Å². The number of carbonyl (C=O) groups is 1. The van der Waals surface area contributed by atoms with Crippen LogP contribution in [0.3, 0.4) is 0 Å². The number of aromatic nitrogens is 3. The molecule has 0 atom stereocenters. The third kappa shape index (κ3) is 5.60. The van der Waals surface area contributed by atoms with Crippen LogP contribution in [0.15, 0.2) is 79.0 Å². The summed E-state index contributed by atoms with van der Waals surface area (Å²) >= 11 is 0. The molecule has 3 aromatic carbocycles. The number of aryl methyl sites for hydroxylation is 4. The zero-order valence-electron chi connectivity index (χ0n) is 18.2. The molecule has 4 rings (SSSR count). The number of nitrogens with one attached hydrogen (secondary N) is 1. The van der Waals surface area contributed by atoms with E-state index in [-0.39, 0.29) is 5.91 Å². The van der Waals surface area contributed by atoms with Gasteiger partial charge < -0.3 is 11.1 Å². The lowest BCUT2D eigenvalue weighted by Crippen LogP contribution is -2.13. The second-order valence-corrected chi connectivity index (χ2v) is 7.92. The second kappa shape index (κ2) is 9.92. The van der Waals surface area contributed by atoms with Gasteiger partial charge in [0.2, 0.25) is 5.91 Å². The molecule has 0 aliphatic carbocycles. The monoisotopic (exact) mass is 425 g/mol. The van der Waals surface area contributed by atoms with Crippen LogP contribution < -0.4 is 11.1 Å². The van der Waals surface area contributed by atoms with E-state index in [0.29, 0.717) is 24.2 Å². The number of amides is 1. The van der Waals surface area contributed by atoms with Crippen molar-refractivity contribution in [1.82, 2.24) is 15.0 Å². The highest BCUT2D eigenvalue weighted by molar-refractivity contribution is 5.95. The third-order valence-electron chi connectivity index (χ3n) is 5.38. The Labute approximate surface area is 188 Å². The maximum atomic E-state index is 12.5. The average Bonchev–Trinajstić information content (AvgIpc) is 3.27. The number of nitrogens with two attached hydrogens (primary N) is 1. The molecule has 4 aromatic rings. The molecular formula is C26H27N5O. The van der Waals surface area contributed by atoms with Gasteiger partial charge >= 0.3 is 0 Å². The number of hydrogen-bond donors (Lipinski definition) is 2. The Kier molecular flexibility index (Phi) is 6.60. The molecule has 0 unspecified atom stereocenters. The molecule has 0 bridgehead atoms. The van der Waals surface area contributed by atoms with Crippen LogP contribution in [-0.4, -0.2) is 20.9 Å². The molecule has 1 heterocycles. The Morgan fingerprint density at radius 3 is 2.53 bits per heavy atom. The highest BCUT2D eigenvalue weighted by atomic mass is 16.1. The lowest BCUT2D eigenvalue weighted by Gasteiger charge is -2.10. The van der Waals surface area contributed by atoms with Crippen LogP contribution in [0, 0.1) is 6.92 Å². The molecule has 6 heteroatoms. The van der Waals surface area contributed by atoms with Gasteiger partial charge in [0.05, 0.1) is 17.1 Å². The first-order valence-electron chi connectivity index (χ1n) is 10.8. The minimum Gasteiger partial charge on any atom is -0.397 e. The summed E-state index contributed by atoms with van der Waals surface area (Å²) in [6.45, 7) is 2.84. The number of hydrogen-bond acceptors (Lipinski definition) is 4. The average molecular weight is 426 g/mol. The minimum absolute atomic E-state index is 0.101. The molecule has 0 saturated carbocycles. The van der Waals surface area contributed by atoms with Gasteiger partial charge in [-0.15, -0.1) is 5.10 Å². The van der Waals surface area contributed by atoms with Crippen LogP contribution in [0.4, 0.5) is 11.4 Å². The van der Waals surface area contributed by atoms with Crippen molar-refractivity contribution in [2.24, 2.45) is 0 Å². The zero-order chi connectivity index (χ0) is 22.3. The van der Waals surface area contributed by atoms with Gasteiger partial charge in [0, 0.05) is 25.6 Å². The Morgan fingerprint density at radius 1 is 0.969 bits per heavy atom. The van der Waals surface area contributed by atoms with Crippen molar-refractivity contribution in [3.8, 4) is 11.1 Å². The van der Waals surface area contributed by atoms with Crippen molar-refractivity contribution in [1.29, 1.82) is 0 Å². The fourth-order valence-electron chi connectivity index (χ4n) is 3.49. The van der Waals surface area contributed by atoms with Gasteiger partial charge in [-0.3, -0.25) is 9.48 Å². The van der Waals surface area contributed by atoms with Gasteiger partial charge in [-0.2, -0.15) is 0 Å². The molecule has 3 N–H and O–H groups in total. The summed E-state index contributed by atoms with van der Waals surface area (Å²) in [4.78, 5) is 12.5. The predicted octanol–water partition coefficient (Wildman–Crippen LogP) is 4.65. The van der Waals surface area contributed by atoms with Crippen LogP contribution in [0.2, 0.25) is 0 Å². The molecule has 0 aliphatic rings. The fourth-order valence-corrected chi connectivity index (χ4v) is 3.49. The van der Waals surface area contributed by atoms with E-state index >= 15 is 0 Å². The van der Waals surface area contributed by atoms with E-state index in [2.05, 4.69) is 46.8 Å². The van der Waals surface area contributed by atoms with Crippen molar-refractivity contribution < 1.29 is 4.79 Å². The molecule has 32 heavy (non-hydrogen) atoms. The van der Waals surface area contributed by atoms with Crippen molar-refractivity contribution in [3.63, 3.8) is 0 Å². The quantitative estimate of drug-likeness (QED) is 0.402. The second-order valence-electron chi connectivity index (χ2n) is 7.92. The predicted molar refractivity (Wildman–Crippen MR) is 128 cm³/mol. The van der Waals surface area contributed by atoms with Gasteiger partial charge in [-0.05, 0) is 42.2 Å². The highest BCUT2D eigenvalue weighted by Crippen LogP contribution is 2.27. The standard InChI is InChI=1S/C26H27N5O/c1-19-7-9-20(10-8-19)15-16-31-18-23(29-30-31)12-14-26(32)28-25-17-22(11-13-24(25)27)21-5-3-2-4-6-21/h2-11,13,17-18H,12,14-16,27H2,1H3,(H,28,32). The molecule has 0 spiro atoms. The van der Waals surface area contributed by atoms with Crippen molar-refractivity contribution in [2.75, 3.05) is 11.1 Å². The van der Waals surface area contributed by atoms with E-state index in [1.54, 1.807) is 0 Å². The first kappa shape index (κ1) is 21.3. The Morgan fingerprint density at radius 2 is 1.75 bits per heavy atom. The number of nitrogen functional groups attached to an aromatic ring is 1. The van der Waals surface area contributed by atoms with Crippen LogP contribution in [0.1, 0.15) is 23.2 Å². The summed E-state index contributed by atoms with van der Waals surface area (Å²) < 4.78 is 1.83. The normalized spacial score (nSPS) is 10.8. The largest absolute Gasteiger partial charge is 0.397 e. The summed E-state index contributed by atoms with van der Waals surface area (Å²) in [7, 11) is 0. The smallest absolute Gasteiger partial charge is 0.224 e. The molecule has 6 nitrogen and oxygen atoms in total. The number of anilines is 2. The van der Waals surface area contributed by atoms with Crippen LogP contribution >= 0.6 is 0 Å². The lowest BCUT2D eigenvalue weighted by molar-refractivity contribution is -0.116. The molecule has 1 aromatic heterocycles. The van der Waals surface area contributed by atoms with E-state index < -0.39 is 0 Å². The third-order valence-corrected chi connectivity index (χ3v) is 5.38. The van der Waals surface area contributed by atoms with Crippen LogP contribution in [-0.2, 0) is 24.2 Å². The summed E-state index contributed by atoms with van der Waals surface area (Å²) in [5, 5.41) is 11.3. The van der Waals surface area contributed by atoms with E-state index in [0.717, 1.165) is 29.8 Å². The molecule has 1 amide bonds. The Hall–Kier alpha value is -3.93. The van der Waals surface area contributed by atoms with E-state index in [4.69, 9.17) is 5.73 Å². The van der Waals surface area contributed by atoms with Gasteiger partial charge in [0.25, 0.3) is 0 Å². The van der Waals surface area contributed by atoms with Crippen molar-refractivity contribution in [3.05, 3.63) is 95.8 Å². The van der Waals surface area contributed by atoms with Gasteiger partial charge in [-0.1, -0.05) is 71.4 Å². The number of carbonyl (C=O) groups excluding carboxylic acids is 1. The Bertz CT molecular complexity index is 1180. The van der Waals surface area contributed by atoms with Gasteiger partial charge in [0.15, 0.2) is 0 Å². The molecule has 0 fully saturated rings. The van der Waals surface area contributed by atoms with Crippen LogP contribution in [0.25, 0.3) is 11.1 Å². The summed E-state index contributed by atoms with van der Waals surface area (Å²) in [5.41, 5.74) is 12.6. The van der Waals surface area contributed by atoms with E-state index in [9.17, 15) is 4.79 Å². The molecule has 0 aliphatic heterocycles. The summed E-state index contributed by atoms with van der Waals surface area (Å²) in [5.74, 6) is -0.101. The Balaban J connectivity index is 1.30. The number of nitrogens with zero attached hydrogens (tertiary/aromatic N) is 3. The van der Waals surface area contributed by atoms with Crippen molar-refractivity contribution >= 4 is 17.3 Å². The molecular weight excluding hydrogens is 398 g/mol. The lowest BCUT2D eigenvalue weighted by atomic mass is 10.0. The molecule has 0 saturated heterocycles. The highest BCUT2D eigenvalue weighted by Gasteiger charge is 2.09. The SMILES string of the molecule is Cc1ccc(CCn2cc(CCC(=O)Nc3cc(-c4ccccc4)ccc3N)nn2)cc1.